The highest BCUT2D eigenvalue weighted by Crippen LogP contribution is 2.34. The van der Waals surface area contributed by atoms with Gasteiger partial charge in [0.15, 0.2) is 0 Å². The maximum absolute atomic E-state index is 13.0. The van der Waals surface area contributed by atoms with Gasteiger partial charge in [0.2, 0.25) is 5.91 Å². The predicted octanol–water partition coefficient (Wildman–Crippen LogP) is 4.38. The maximum Gasteiger partial charge on any atom is 0.273 e. The van der Waals surface area contributed by atoms with Crippen LogP contribution in [0.3, 0.4) is 0 Å². The zero-order valence-electron chi connectivity index (χ0n) is 16.1. The van der Waals surface area contributed by atoms with E-state index in [9.17, 15) is 13.2 Å². The fraction of sp³-hybridized carbons (Fsp3) is 0.227. The first-order valence-corrected chi connectivity index (χ1v) is 11.8. The number of nitrogens with one attached hydrogen (secondary N) is 1. The van der Waals surface area contributed by atoms with Gasteiger partial charge in [0.05, 0.1) is 12.1 Å². The number of thiophene rings is 1. The van der Waals surface area contributed by atoms with E-state index < -0.39 is 10.0 Å². The van der Waals surface area contributed by atoms with Crippen molar-refractivity contribution in [2.75, 3.05) is 16.2 Å². The molecule has 3 aromatic rings. The molecule has 0 radical (unpaired) electrons. The van der Waals surface area contributed by atoms with Crippen molar-refractivity contribution < 1.29 is 13.2 Å². The van der Waals surface area contributed by atoms with Crippen LogP contribution in [0.15, 0.2) is 64.2 Å². The maximum atomic E-state index is 13.0. The number of rotatable bonds is 5. The molecule has 2 heterocycles. The van der Waals surface area contributed by atoms with E-state index in [0.29, 0.717) is 28.5 Å². The Bertz CT molecular complexity index is 1140. The molecule has 1 amide bonds. The summed E-state index contributed by atoms with van der Waals surface area (Å²) in [7, 11) is -3.55. The molecule has 1 aliphatic rings. The lowest BCUT2D eigenvalue weighted by Gasteiger charge is -2.30. The number of sulfonamides is 1. The molecule has 0 saturated carbocycles. The van der Waals surface area contributed by atoms with Crippen LogP contribution in [0.5, 0.6) is 0 Å². The minimum Gasteiger partial charge on any atom is -0.326 e. The largest absolute Gasteiger partial charge is 0.326 e. The van der Waals surface area contributed by atoms with Crippen LogP contribution in [0, 0.1) is 6.92 Å². The lowest BCUT2D eigenvalue weighted by atomic mass is 10.0. The lowest BCUT2D eigenvalue weighted by molar-refractivity contribution is -0.115. The van der Waals surface area contributed by atoms with Crippen LogP contribution in [0.2, 0.25) is 0 Å². The van der Waals surface area contributed by atoms with Crippen molar-refractivity contribution in [3.63, 3.8) is 0 Å². The van der Waals surface area contributed by atoms with Gasteiger partial charge >= 0.3 is 0 Å². The van der Waals surface area contributed by atoms with Crippen LogP contribution in [0.25, 0.3) is 0 Å². The molecule has 0 spiro atoms. The summed E-state index contributed by atoms with van der Waals surface area (Å²) < 4.78 is 27.8. The smallest absolute Gasteiger partial charge is 0.273 e. The lowest BCUT2D eigenvalue weighted by Crippen LogP contribution is -2.35. The Balaban J connectivity index is 1.53. The number of anilines is 2. The molecule has 29 heavy (non-hydrogen) atoms. The highest BCUT2D eigenvalue weighted by Gasteiger charge is 2.29. The number of nitrogens with zero attached hydrogens (tertiary/aromatic N) is 1. The molecule has 0 atom stereocenters. The number of hydrogen-bond acceptors (Lipinski definition) is 4. The molecule has 1 aliphatic heterocycles. The van der Waals surface area contributed by atoms with Crippen LogP contribution in [-0.2, 0) is 27.7 Å². The Kier molecular flexibility index (Phi) is 5.43. The predicted molar refractivity (Wildman–Crippen MR) is 117 cm³/mol. The molecule has 150 valence electrons. The molecular weight excluding hydrogens is 404 g/mol. The van der Waals surface area contributed by atoms with E-state index in [1.54, 1.807) is 29.6 Å². The summed E-state index contributed by atoms with van der Waals surface area (Å²) in [6.45, 7) is 2.47. The minimum absolute atomic E-state index is 0.0885. The summed E-state index contributed by atoms with van der Waals surface area (Å²) in [6, 6.07) is 16.7. The average Bonchev–Trinajstić information content (AvgIpc) is 3.23. The van der Waals surface area contributed by atoms with Gasteiger partial charge in [-0.3, -0.25) is 9.10 Å². The molecule has 0 unspecified atom stereocenters. The Morgan fingerprint density at radius 3 is 2.76 bits per heavy atom. The van der Waals surface area contributed by atoms with Gasteiger partial charge in [0, 0.05) is 12.2 Å². The van der Waals surface area contributed by atoms with Gasteiger partial charge in [-0.05, 0) is 60.5 Å². The Morgan fingerprint density at radius 1 is 1.14 bits per heavy atom. The summed E-state index contributed by atoms with van der Waals surface area (Å²) in [5.41, 5.74) is 4.41. The summed E-state index contributed by atoms with van der Waals surface area (Å²) in [4.78, 5) is 12.4. The van der Waals surface area contributed by atoms with Crippen LogP contribution >= 0.6 is 11.3 Å². The molecule has 0 saturated heterocycles. The van der Waals surface area contributed by atoms with Crippen molar-refractivity contribution in [2.45, 2.75) is 30.4 Å². The summed E-state index contributed by atoms with van der Waals surface area (Å²) in [6.07, 6.45) is 1.84. The number of benzene rings is 2. The van der Waals surface area contributed by atoms with Crippen molar-refractivity contribution in [2.24, 2.45) is 0 Å². The van der Waals surface area contributed by atoms with E-state index in [0.717, 1.165) is 29.5 Å². The van der Waals surface area contributed by atoms with Crippen LogP contribution in [0.4, 0.5) is 11.4 Å². The van der Waals surface area contributed by atoms with E-state index in [-0.39, 0.29) is 5.91 Å². The third-order valence-corrected chi connectivity index (χ3v) is 8.11. The normalized spacial score (nSPS) is 13.8. The standard InChI is InChI=1S/C22H22N2O3S2/c1-16-5-2-6-17(13-16)14-21(25)23-19-9-10-20-18(15-19)7-3-11-24(20)29(26,27)22-8-4-12-28-22/h2,4-6,8-10,12-13,15H,3,7,11,14H2,1H3,(H,23,25). The Morgan fingerprint density at radius 2 is 2.00 bits per heavy atom. The number of amides is 1. The molecule has 0 bridgehead atoms. The second-order valence-corrected chi connectivity index (χ2v) is 10.2. The van der Waals surface area contributed by atoms with Crippen molar-refractivity contribution in [3.8, 4) is 0 Å². The second-order valence-electron chi connectivity index (χ2n) is 7.17. The third kappa shape index (κ3) is 4.21. The molecule has 2 aromatic carbocycles. The number of fused-ring (bicyclic) bond motifs is 1. The molecule has 1 N–H and O–H groups in total. The highest BCUT2D eigenvalue weighted by molar-refractivity contribution is 7.94. The first-order chi connectivity index (χ1) is 13.9. The monoisotopic (exact) mass is 426 g/mol. The summed E-state index contributed by atoms with van der Waals surface area (Å²) in [5, 5.41) is 4.70. The summed E-state index contributed by atoms with van der Waals surface area (Å²) in [5.74, 6) is -0.0885. The van der Waals surface area contributed by atoms with Gasteiger partial charge in [0.1, 0.15) is 4.21 Å². The SMILES string of the molecule is Cc1cccc(CC(=O)Nc2ccc3c(c2)CCCN3S(=O)(=O)c2cccs2)c1. The molecule has 1 aromatic heterocycles. The minimum atomic E-state index is -3.55. The molecule has 7 heteroatoms. The van der Waals surface area contributed by atoms with E-state index in [2.05, 4.69) is 5.32 Å². The molecule has 4 rings (SSSR count). The first kappa shape index (κ1) is 19.7. The van der Waals surface area contributed by atoms with Crippen LogP contribution in [-0.4, -0.2) is 20.9 Å². The summed E-state index contributed by atoms with van der Waals surface area (Å²) >= 11 is 1.22. The number of hydrogen-bond donors (Lipinski definition) is 1. The van der Waals surface area contributed by atoms with Crippen molar-refractivity contribution in [3.05, 3.63) is 76.7 Å². The molecule has 0 aliphatic carbocycles. The number of aryl methyl sites for hydroxylation is 2. The fourth-order valence-electron chi connectivity index (χ4n) is 3.62. The van der Waals surface area contributed by atoms with Gasteiger partial charge in [-0.15, -0.1) is 11.3 Å². The van der Waals surface area contributed by atoms with E-state index in [1.807, 2.05) is 37.3 Å². The molecule has 0 fully saturated rings. The fourth-order valence-corrected chi connectivity index (χ4v) is 6.27. The second kappa shape index (κ2) is 8.00. The van der Waals surface area contributed by atoms with Gasteiger partial charge < -0.3 is 5.32 Å². The Hall–Kier alpha value is -2.64. The third-order valence-electron chi connectivity index (χ3n) is 4.93. The van der Waals surface area contributed by atoms with Crippen LogP contribution < -0.4 is 9.62 Å². The Labute approximate surface area is 175 Å². The zero-order valence-corrected chi connectivity index (χ0v) is 17.7. The van der Waals surface area contributed by atoms with E-state index in [4.69, 9.17) is 0 Å². The van der Waals surface area contributed by atoms with E-state index in [1.165, 1.54) is 15.6 Å². The van der Waals surface area contributed by atoms with Crippen molar-refractivity contribution in [1.29, 1.82) is 0 Å². The van der Waals surface area contributed by atoms with Crippen molar-refractivity contribution in [1.82, 2.24) is 0 Å². The van der Waals surface area contributed by atoms with Gasteiger partial charge in [0.25, 0.3) is 10.0 Å². The van der Waals surface area contributed by atoms with Gasteiger partial charge in [-0.2, -0.15) is 0 Å². The van der Waals surface area contributed by atoms with Gasteiger partial charge in [-0.1, -0.05) is 35.9 Å². The van der Waals surface area contributed by atoms with Crippen molar-refractivity contribution >= 4 is 38.6 Å². The molecule has 5 nitrogen and oxygen atoms in total. The first-order valence-electron chi connectivity index (χ1n) is 9.48. The average molecular weight is 427 g/mol. The highest BCUT2D eigenvalue weighted by atomic mass is 32.2. The zero-order chi connectivity index (χ0) is 20.4. The number of carbonyl (C=O) groups is 1. The van der Waals surface area contributed by atoms with Crippen LogP contribution in [0.1, 0.15) is 23.1 Å². The number of carbonyl (C=O) groups excluding carboxylic acids is 1. The van der Waals surface area contributed by atoms with Gasteiger partial charge in [-0.25, -0.2) is 8.42 Å². The quantitative estimate of drug-likeness (QED) is 0.658. The van der Waals surface area contributed by atoms with E-state index >= 15 is 0 Å². The molecular formula is C22H22N2O3S2. The topological polar surface area (TPSA) is 66.5 Å².